The SMILES string of the molecule is CC1(C)OB(c2cccc(-c3cnc(-c4ccccc4)c(-c4ccccc4)n3)c2)OC1(C)C. The predicted octanol–water partition coefficient (Wildman–Crippen LogP) is 5.78. The third kappa shape index (κ3) is 4.10. The molecule has 0 bridgehead atoms. The van der Waals surface area contributed by atoms with Crippen LogP contribution in [-0.2, 0) is 9.31 Å². The van der Waals surface area contributed by atoms with E-state index in [1.165, 1.54) is 0 Å². The lowest BCUT2D eigenvalue weighted by molar-refractivity contribution is 0.00578. The molecule has 2 heterocycles. The maximum atomic E-state index is 6.25. The Morgan fingerprint density at radius 3 is 1.79 bits per heavy atom. The van der Waals surface area contributed by atoms with Crippen LogP contribution in [0.15, 0.2) is 91.1 Å². The summed E-state index contributed by atoms with van der Waals surface area (Å²) >= 11 is 0. The van der Waals surface area contributed by atoms with Crippen LogP contribution in [0.1, 0.15) is 27.7 Å². The van der Waals surface area contributed by atoms with Crippen LogP contribution in [-0.4, -0.2) is 28.3 Å². The smallest absolute Gasteiger partial charge is 0.399 e. The molecule has 1 saturated heterocycles. The summed E-state index contributed by atoms with van der Waals surface area (Å²) < 4.78 is 12.5. The molecule has 1 aliphatic heterocycles. The molecule has 3 aromatic carbocycles. The van der Waals surface area contributed by atoms with E-state index in [0.29, 0.717) is 0 Å². The van der Waals surface area contributed by atoms with E-state index < -0.39 is 7.12 Å². The molecule has 0 N–H and O–H groups in total. The topological polar surface area (TPSA) is 44.2 Å². The van der Waals surface area contributed by atoms with E-state index in [1.807, 2.05) is 54.7 Å². The first-order valence-electron chi connectivity index (χ1n) is 11.3. The second kappa shape index (κ2) is 8.25. The fourth-order valence-electron chi connectivity index (χ4n) is 3.96. The first-order valence-corrected chi connectivity index (χ1v) is 11.3. The quantitative estimate of drug-likeness (QED) is 0.382. The van der Waals surface area contributed by atoms with E-state index in [0.717, 1.165) is 39.2 Å². The Kier molecular flexibility index (Phi) is 5.39. The lowest BCUT2D eigenvalue weighted by atomic mass is 9.78. The van der Waals surface area contributed by atoms with Crippen LogP contribution in [0.2, 0.25) is 0 Å². The molecule has 4 aromatic rings. The Morgan fingerprint density at radius 2 is 1.18 bits per heavy atom. The Labute approximate surface area is 195 Å². The minimum atomic E-state index is -0.417. The van der Waals surface area contributed by atoms with E-state index in [2.05, 4.69) is 64.1 Å². The van der Waals surface area contributed by atoms with E-state index in [4.69, 9.17) is 19.3 Å². The summed E-state index contributed by atoms with van der Waals surface area (Å²) in [6, 6.07) is 28.6. The lowest BCUT2D eigenvalue weighted by Gasteiger charge is -2.32. The summed E-state index contributed by atoms with van der Waals surface area (Å²) in [5.41, 5.74) is 5.80. The molecule has 0 unspecified atom stereocenters. The summed E-state index contributed by atoms with van der Waals surface area (Å²) in [4.78, 5) is 9.92. The van der Waals surface area contributed by atoms with Gasteiger partial charge in [-0.3, -0.25) is 4.98 Å². The molecule has 164 valence electrons. The number of aromatic nitrogens is 2. The highest BCUT2D eigenvalue weighted by molar-refractivity contribution is 6.62. The van der Waals surface area contributed by atoms with Gasteiger partial charge in [-0.05, 0) is 33.2 Å². The van der Waals surface area contributed by atoms with Crippen molar-refractivity contribution in [3.8, 4) is 33.8 Å². The fraction of sp³-hybridized carbons (Fsp3) is 0.214. The molecular weight excluding hydrogens is 407 g/mol. The molecule has 0 spiro atoms. The van der Waals surface area contributed by atoms with Crippen LogP contribution in [0.3, 0.4) is 0 Å². The first-order chi connectivity index (χ1) is 15.8. The maximum absolute atomic E-state index is 6.25. The molecule has 33 heavy (non-hydrogen) atoms. The van der Waals surface area contributed by atoms with Crippen molar-refractivity contribution >= 4 is 12.6 Å². The van der Waals surface area contributed by atoms with E-state index in [-0.39, 0.29) is 11.2 Å². The number of nitrogens with zero attached hydrogens (tertiary/aromatic N) is 2. The predicted molar refractivity (Wildman–Crippen MR) is 134 cm³/mol. The summed E-state index contributed by atoms with van der Waals surface area (Å²) in [6.07, 6.45) is 1.85. The normalized spacial score (nSPS) is 16.7. The summed E-state index contributed by atoms with van der Waals surface area (Å²) in [5, 5.41) is 0. The molecular formula is C28H27BN2O2. The van der Waals surface area contributed by atoms with Gasteiger partial charge in [-0.1, -0.05) is 84.9 Å². The third-order valence-corrected chi connectivity index (χ3v) is 6.57. The molecule has 1 fully saturated rings. The van der Waals surface area contributed by atoms with Crippen LogP contribution in [0.25, 0.3) is 33.8 Å². The maximum Gasteiger partial charge on any atom is 0.494 e. The number of hydrogen-bond donors (Lipinski definition) is 0. The van der Waals surface area contributed by atoms with Gasteiger partial charge in [-0.15, -0.1) is 0 Å². The lowest BCUT2D eigenvalue weighted by Crippen LogP contribution is -2.41. The van der Waals surface area contributed by atoms with Crippen molar-refractivity contribution in [3.63, 3.8) is 0 Å². The molecule has 0 atom stereocenters. The molecule has 0 radical (unpaired) electrons. The van der Waals surface area contributed by atoms with Crippen LogP contribution in [0, 0.1) is 0 Å². The molecule has 0 amide bonds. The van der Waals surface area contributed by atoms with Crippen molar-refractivity contribution < 1.29 is 9.31 Å². The molecule has 5 rings (SSSR count). The number of hydrogen-bond acceptors (Lipinski definition) is 4. The molecule has 1 aromatic heterocycles. The van der Waals surface area contributed by atoms with Crippen LogP contribution in [0.5, 0.6) is 0 Å². The Morgan fingerprint density at radius 1 is 0.636 bits per heavy atom. The minimum Gasteiger partial charge on any atom is -0.399 e. The zero-order valence-corrected chi connectivity index (χ0v) is 19.4. The van der Waals surface area contributed by atoms with Gasteiger partial charge in [0, 0.05) is 16.7 Å². The largest absolute Gasteiger partial charge is 0.494 e. The number of benzene rings is 3. The van der Waals surface area contributed by atoms with Gasteiger partial charge in [0.2, 0.25) is 0 Å². The fourth-order valence-corrected chi connectivity index (χ4v) is 3.96. The standard InChI is InChI=1S/C28H27BN2O2/c1-27(2)28(3,4)33-29(32-27)23-17-11-16-22(18-23)24-19-30-25(20-12-7-5-8-13-20)26(31-24)21-14-9-6-10-15-21/h5-19H,1-4H3. The first kappa shape index (κ1) is 21.6. The van der Waals surface area contributed by atoms with Crippen molar-refractivity contribution in [2.24, 2.45) is 0 Å². The van der Waals surface area contributed by atoms with E-state index >= 15 is 0 Å². The van der Waals surface area contributed by atoms with Gasteiger partial charge in [0.1, 0.15) is 0 Å². The molecule has 4 nitrogen and oxygen atoms in total. The van der Waals surface area contributed by atoms with Gasteiger partial charge in [0.25, 0.3) is 0 Å². The summed E-state index contributed by atoms with van der Waals surface area (Å²) in [7, 11) is -0.417. The Balaban J connectivity index is 1.57. The van der Waals surface area contributed by atoms with Gasteiger partial charge >= 0.3 is 7.12 Å². The minimum absolute atomic E-state index is 0.384. The van der Waals surface area contributed by atoms with Crippen molar-refractivity contribution in [1.82, 2.24) is 9.97 Å². The van der Waals surface area contributed by atoms with Gasteiger partial charge in [0.05, 0.1) is 34.5 Å². The molecule has 5 heteroatoms. The van der Waals surface area contributed by atoms with E-state index in [9.17, 15) is 0 Å². The molecule has 1 aliphatic rings. The summed E-state index contributed by atoms with van der Waals surface area (Å²) in [6.45, 7) is 8.26. The van der Waals surface area contributed by atoms with Crippen molar-refractivity contribution in [2.75, 3.05) is 0 Å². The zero-order chi connectivity index (χ0) is 23.1. The van der Waals surface area contributed by atoms with Gasteiger partial charge in [-0.2, -0.15) is 0 Å². The molecule has 0 aliphatic carbocycles. The monoisotopic (exact) mass is 434 g/mol. The highest BCUT2D eigenvalue weighted by Gasteiger charge is 2.51. The van der Waals surface area contributed by atoms with Crippen LogP contribution >= 0.6 is 0 Å². The second-order valence-electron chi connectivity index (χ2n) is 9.40. The highest BCUT2D eigenvalue weighted by atomic mass is 16.7. The average molecular weight is 434 g/mol. The van der Waals surface area contributed by atoms with E-state index in [1.54, 1.807) is 0 Å². The van der Waals surface area contributed by atoms with Crippen molar-refractivity contribution in [1.29, 1.82) is 0 Å². The van der Waals surface area contributed by atoms with Gasteiger partial charge in [0.15, 0.2) is 0 Å². The molecule has 0 saturated carbocycles. The van der Waals surface area contributed by atoms with Crippen molar-refractivity contribution in [3.05, 3.63) is 91.1 Å². The highest BCUT2D eigenvalue weighted by Crippen LogP contribution is 2.37. The number of rotatable bonds is 4. The summed E-state index contributed by atoms with van der Waals surface area (Å²) in [5.74, 6) is 0. The Hall–Kier alpha value is -3.28. The second-order valence-corrected chi connectivity index (χ2v) is 9.40. The van der Waals surface area contributed by atoms with Gasteiger partial charge in [-0.25, -0.2) is 4.98 Å². The van der Waals surface area contributed by atoms with Crippen LogP contribution < -0.4 is 5.46 Å². The van der Waals surface area contributed by atoms with Crippen LogP contribution in [0.4, 0.5) is 0 Å². The Bertz CT molecular complexity index is 1260. The average Bonchev–Trinajstić information content (AvgIpc) is 3.06. The zero-order valence-electron chi connectivity index (χ0n) is 19.4. The van der Waals surface area contributed by atoms with Gasteiger partial charge < -0.3 is 9.31 Å². The van der Waals surface area contributed by atoms with Crippen molar-refractivity contribution in [2.45, 2.75) is 38.9 Å². The third-order valence-electron chi connectivity index (χ3n) is 6.57.